The number of rotatable bonds is 5. The number of hydrogen-bond acceptors (Lipinski definition) is 6. The minimum absolute atomic E-state index is 0.0733. The summed E-state index contributed by atoms with van der Waals surface area (Å²) in [4.78, 5) is 43.5. The topological polar surface area (TPSA) is 82.2 Å². The van der Waals surface area contributed by atoms with Crippen molar-refractivity contribution in [2.75, 3.05) is 65.6 Å². The van der Waals surface area contributed by atoms with Crippen molar-refractivity contribution in [2.45, 2.75) is 0 Å². The van der Waals surface area contributed by atoms with E-state index in [4.69, 9.17) is 16.3 Å². The van der Waals surface area contributed by atoms with Crippen LogP contribution in [0.3, 0.4) is 0 Å². The van der Waals surface area contributed by atoms with E-state index in [0.717, 1.165) is 10.1 Å². The average molecular weight is 465 g/mol. The summed E-state index contributed by atoms with van der Waals surface area (Å²) in [6.07, 6.45) is 0. The first kappa shape index (κ1) is 22.0. The number of carbonyl (C=O) groups excluding carboxylic acids is 3. The van der Waals surface area contributed by atoms with Gasteiger partial charge in [-0.1, -0.05) is 29.8 Å². The molecule has 1 N–H and O–H groups in total. The zero-order chi connectivity index (χ0) is 21.8. The van der Waals surface area contributed by atoms with E-state index < -0.39 is 0 Å². The summed E-state index contributed by atoms with van der Waals surface area (Å²) in [5, 5.41) is 3.96. The maximum atomic E-state index is 12.5. The van der Waals surface area contributed by atoms with E-state index in [1.165, 1.54) is 11.3 Å². The molecule has 1 aromatic heterocycles. The van der Waals surface area contributed by atoms with E-state index in [2.05, 4.69) is 10.2 Å². The summed E-state index contributed by atoms with van der Waals surface area (Å²) in [5.74, 6) is -0.366. The number of hydrogen-bond donors (Lipinski definition) is 1. The lowest BCUT2D eigenvalue weighted by atomic mass is 10.2. The number of fused-ring (bicyclic) bond motifs is 1. The Labute approximate surface area is 189 Å². The van der Waals surface area contributed by atoms with Crippen LogP contribution in [-0.4, -0.2) is 98.0 Å². The molecule has 166 valence electrons. The minimum atomic E-state index is -0.339. The molecule has 10 heteroatoms. The van der Waals surface area contributed by atoms with Crippen molar-refractivity contribution in [3.63, 3.8) is 0 Å². The molecule has 8 nitrogen and oxygen atoms in total. The molecule has 1 aromatic carbocycles. The van der Waals surface area contributed by atoms with Crippen molar-refractivity contribution in [3.8, 4) is 0 Å². The zero-order valence-electron chi connectivity index (χ0n) is 17.1. The smallest absolute Gasteiger partial charge is 0.263 e. The minimum Gasteiger partial charge on any atom is -0.378 e. The number of morpholine rings is 1. The number of piperazine rings is 1. The van der Waals surface area contributed by atoms with Gasteiger partial charge in [0.25, 0.3) is 5.91 Å². The van der Waals surface area contributed by atoms with Gasteiger partial charge in [-0.25, -0.2) is 0 Å². The Morgan fingerprint density at radius 2 is 1.65 bits per heavy atom. The van der Waals surface area contributed by atoms with Crippen molar-refractivity contribution >= 4 is 50.7 Å². The van der Waals surface area contributed by atoms with Crippen molar-refractivity contribution in [2.24, 2.45) is 0 Å². The number of nitrogens with one attached hydrogen (secondary N) is 1. The molecule has 3 amide bonds. The average Bonchev–Trinajstić information content (AvgIpc) is 3.15. The van der Waals surface area contributed by atoms with Crippen LogP contribution < -0.4 is 5.32 Å². The van der Waals surface area contributed by atoms with E-state index in [9.17, 15) is 14.4 Å². The molecule has 2 saturated heterocycles. The molecule has 0 aliphatic carbocycles. The molecule has 31 heavy (non-hydrogen) atoms. The number of thiophene rings is 1. The van der Waals surface area contributed by atoms with E-state index >= 15 is 0 Å². The van der Waals surface area contributed by atoms with Gasteiger partial charge in [0.15, 0.2) is 0 Å². The zero-order valence-corrected chi connectivity index (χ0v) is 18.7. The highest BCUT2D eigenvalue weighted by Gasteiger charge is 2.25. The van der Waals surface area contributed by atoms with Crippen LogP contribution in [0, 0.1) is 0 Å². The molecule has 0 saturated carbocycles. The third-order valence-electron chi connectivity index (χ3n) is 5.59. The highest BCUT2D eigenvalue weighted by molar-refractivity contribution is 7.21. The van der Waals surface area contributed by atoms with Crippen LogP contribution in [0.5, 0.6) is 0 Å². The van der Waals surface area contributed by atoms with Crippen LogP contribution in [0.1, 0.15) is 9.67 Å². The lowest BCUT2D eigenvalue weighted by Crippen LogP contribution is -2.54. The Balaban J connectivity index is 1.23. The number of ether oxygens (including phenoxy) is 1. The monoisotopic (exact) mass is 464 g/mol. The summed E-state index contributed by atoms with van der Waals surface area (Å²) in [6.45, 7) is 5.10. The Hall–Kier alpha value is -2.20. The second kappa shape index (κ2) is 9.95. The first-order valence-corrected chi connectivity index (χ1v) is 11.5. The van der Waals surface area contributed by atoms with Gasteiger partial charge in [0.1, 0.15) is 4.88 Å². The molecule has 2 aliphatic heterocycles. The highest BCUT2D eigenvalue weighted by atomic mass is 35.5. The molecule has 2 fully saturated rings. The molecule has 4 rings (SSSR count). The van der Waals surface area contributed by atoms with Crippen molar-refractivity contribution in [1.29, 1.82) is 0 Å². The quantitative estimate of drug-likeness (QED) is 0.721. The SMILES string of the molecule is O=C(NCC(=O)N1CCN(CC(=O)N2CCOCC2)CC1)c1sc2ccccc2c1Cl. The van der Waals surface area contributed by atoms with Gasteiger partial charge in [-0.15, -0.1) is 11.3 Å². The highest BCUT2D eigenvalue weighted by Crippen LogP contribution is 2.34. The summed E-state index contributed by atoms with van der Waals surface area (Å²) < 4.78 is 6.22. The van der Waals surface area contributed by atoms with E-state index in [-0.39, 0.29) is 24.3 Å². The number of nitrogens with zero attached hydrogens (tertiary/aromatic N) is 3. The van der Waals surface area contributed by atoms with E-state index in [1.807, 2.05) is 29.2 Å². The maximum Gasteiger partial charge on any atom is 0.263 e. The number of carbonyl (C=O) groups is 3. The van der Waals surface area contributed by atoms with Crippen molar-refractivity contribution < 1.29 is 19.1 Å². The number of amides is 3. The number of benzene rings is 1. The summed E-state index contributed by atoms with van der Waals surface area (Å²) in [6, 6.07) is 7.56. The summed E-state index contributed by atoms with van der Waals surface area (Å²) in [5.41, 5.74) is 0. The standard InChI is InChI=1S/C21H25ClN4O4S/c22-19-15-3-1-2-4-16(15)31-20(19)21(29)23-13-17(27)25-7-5-24(6-8-25)14-18(28)26-9-11-30-12-10-26/h1-4H,5-14H2,(H,23,29). The predicted molar refractivity (Wildman–Crippen MR) is 120 cm³/mol. The van der Waals surface area contributed by atoms with Gasteiger partial charge in [0, 0.05) is 49.4 Å². The van der Waals surface area contributed by atoms with Gasteiger partial charge in [-0.3, -0.25) is 19.3 Å². The van der Waals surface area contributed by atoms with Crippen LogP contribution in [0.15, 0.2) is 24.3 Å². The van der Waals surface area contributed by atoms with Gasteiger partial charge in [0.05, 0.1) is 31.3 Å². The van der Waals surface area contributed by atoms with Gasteiger partial charge in [-0.05, 0) is 6.07 Å². The first-order valence-electron chi connectivity index (χ1n) is 10.3. The lowest BCUT2D eigenvalue weighted by molar-refractivity contribution is -0.137. The fourth-order valence-electron chi connectivity index (χ4n) is 3.77. The lowest BCUT2D eigenvalue weighted by Gasteiger charge is -2.36. The molecule has 0 unspecified atom stereocenters. The molecule has 0 spiro atoms. The fourth-order valence-corrected chi connectivity index (χ4v) is 5.20. The predicted octanol–water partition coefficient (Wildman–Crippen LogP) is 1.29. The number of halogens is 1. The molecule has 2 aliphatic rings. The van der Waals surface area contributed by atoms with Crippen LogP contribution in [-0.2, 0) is 14.3 Å². The van der Waals surface area contributed by atoms with Gasteiger partial charge < -0.3 is 19.9 Å². The fraction of sp³-hybridized carbons (Fsp3) is 0.476. The summed E-state index contributed by atoms with van der Waals surface area (Å²) >= 11 is 7.66. The van der Waals surface area contributed by atoms with E-state index in [0.29, 0.717) is 68.9 Å². The Morgan fingerprint density at radius 1 is 0.968 bits per heavy atom. The normalized spacial score (nSPS) is 17.7. The largest absolute Gasteiger partial charge is 0.378 e. The molecular weight excluding hydrogens is 440 g/mol. The third-order valence-corrected chi connectivity index (χ3v) is 7.26. The second-order valence-corrected chi connectivity index (χ2v) is 9.00. The third kappa shape index (κ3) is 5.17. The van der Waals surface area contributed by atoms with E-state index in [1.54, 1.807) is 4.90 Å². The maximum absolute atomic E-state index is 12.5. The molecule has 0 atom stereocenters. The molecule has 0 bridgehead atoms. The van der Waals surface area contributed by atoms with Gasteiger partial charge >= 0.3 is 0 Å². The van der Waals surface area contributed by atoms with Gasteiger partial charge in [0.2, 0.25) is 11.8 Å². The Kier molecular flexibility index (Phi) is 7.06. The van der Waals surface area contributed by atoms with Gasteiger partial charge in [-0.2, -0.15) is 0 Å². The molecule has 0 radical (unpaired) electrons. The second-order valence-electron chi connectivity index (χ2n) is 7.57. The van der Waals surface area contributed by atoms with Crippen molar-refractivity contribution in [3.05, 3.63) is 34.2 Å². The molecular formula is C21H25ClN4O4S. The first-order chi connectivity index (χ1) is 15.0. The Morgan fingerprint density at radius 3 is 2.35 bits per heavy atom. The van der Waals surface area contributed by atoms with Crippen LogP contribution in [0.25, 0.3) is 10.1 Å². The molecule has 3 heterocycles. The Bertz CT molecular complexity index is 967. The summed E-state index contributed by atoms with van der Waals surface area (Å²) in [7, 11) is 0. The van der Waals surface area contributed by atoms with Crippen LogP contribution >= 0.6 is 22.9 Å². The molecule has 2 aromatic rings. The van der Waals surface area contributed by atoms with Crippen molar-refractivity contribution in [1.82, 2.24) is 20.0 Å². The van der Waals surface area contributed by atoms with Crippen LogP contribution in [0.4, 0.5) is 0 Å². The van der Waals surface area contributed by atoms with Crippen LogP contribution in [0.2, 0.25) is 5.02 Å².